The Hall–Kier alpha value is -0.520. The summed E-state index contributed by atoms with van der Waals surface area (Å²) in [7, 11) is 0. The Morgan fingerprint density at radius 2 is 2.50 bits per heavy atom. The molecule has 0 aliphatic carbocycles. The van der Waals surface area contributed by atoms with Gasteiger partial charge in [0.15, 0.2) is 0 Å². The summed E-state index contributed by atoms with van der Waals surface area (Å²) in [4.78, 5) is 0. The lowest BCUT2D eigenvalue weighted by molar-refractivity contribution is -0.00500. The van der Waals surface area contributed by atoms with Crippen LogP contribution in [0.4, 0.5) is 0 Å². The zero-order valence-electron chi connectivity index (χ0n) is 5.97. The van der Waals surface area contributed by atoms with Gasteiger partial charge in [0, 0.05) is 6.61 Å². The molecule has 1 fully saturated rings. The van der Waals surface area contributed by atoms with Crippen molar-refractivity contribution in [2.75, 3.05) is 19.8 Å². The third-order valence-corrected chi connectivity index (χ3v) is 1.93. The fraction of sp³-hybridized carbons (Fsp3) is 0.750. The molecule has 1 heterocycles. The van der Waals surface area contributed by atoms with E-state index in [1.807, 2.05) is 0 Å². The molecule has 1 aliphatic heterocycles. The Bertz CT molecular complexity index is 140. The van der Waals surface area contributed by atoms with Crippen LogP contribution < -0.4 is 0 Å². The highest BCUT2D eigenvalue weighted by molar-refractivity contribution is 5.06. The molecule has 0 radical (unpaired) electrons. The molecule has 0 unspecified atom stereocenters. The maximum atomic E-state index is 8.92. The summed E-state index contributed by atoms with van der Waals surface area (Å²) in [5.41, 5.74) is -0.377. The summed E-state index contributed by atoms with van der Waals surface area (Å²) >= 11 is 0. The molecule has 2 heteroatoms. The van der Waals surface area contributed by atoms with Crippen molar-refractivity contribution in [1.29, 1.82) is 0 Å². The quantitative estimate of drug-likeness (QED) is 0.534. The van der Waals surface area contributed by atoms with Crippen LogP contribution in [0.3, 0.4) is 0 Å². The van der Waals surface area contributed by atoms with Crippen LogP contribution >= 0.6 is 0 Å². The fourth-order valence-corrected chi connectivity index (χ4v) is 1.14. The van der Waals surface area contributed by atoms with Gasteiger partial charge in [-0.1, -0.05) is 5.92 Å². The lowest BCUT2D eigenvalue weighted by atomic mass is 9.84. The van der Waals surface area contributed by atoms with Crippen LogP contribution in [0.25, 0.3) is 0 Å². The monoisotopic (exact) mass is 140 g/mol. The predicted octanol–water partition coefficient (Wildman–Crippen LogP) is 0.409. The maximum absolute atomic E-state index is 8.92. The van der Waals surface area contributed by atoms with Gasteiger partial charge in [0.1, 0.15) is 0 Å². The van der Waals surface area contributed by atoms with E-state index in [0.29, 0.717) is 6.61 Å². The molecule has 1 N–H and O–H groups in total. The molecule has 0 aromatic heterocycles. The SMILES string of the molecule is C#C[C@@]1(CO)CCCOC1. The highest BCUT2D eigenvalue weighted by atomic mass is 16.5. The minimum absolute atomic E-state index is 0.0451. The molecule has 0 aromatic rings. The minimum atomic E-state index is -0.377. The molecule has 0 bridgehead atoms. The van der Waals surface area contributed by atoms with E-state index in [2.05, 4.69) is 5.92 Å². The minimum Gasteiger partial charge on any atom is -0.395 e. The summed E-state index contributed by atoms with van der Waals surface area (Å²) < 4.78 is 5.16. The first-order valence-electron chi connectivity index (χ1n) is 3.49. The van der Waals surface area contributed by atoms with E-state index in [1.165, 1.54) is 0 Å². The van der Waals surface area contributed by atoms with E-state index in [4.69, 9.17) is 16.3 Å². The summed E-state index contributed by atoms with van der Waals surface area (Å²) in [6.07, 6.45) is 7.11. The van der Waals surface area contributed by atoms with Crippen molar-refractivity contribution < 1.29 is 9.84 Å². The van der Waals surface area contributed by atoms with Gasteiger partial charge in [-0.3, -0.25) is 0 Å². The number of aliphatic hydroxyl groups is 1. The molecule has 2 nitrogen and oxygen atoms in total. The smallest absolute Gasteiger partial charge is 0.0775 e. The van der Waals surface area contributed by atoms with Crippen LogP contribution in [0.5, 0.6) is 0 Å². The number of terminal acetylenes is 1. The Morgan fingerprint density at radius 1 is 1.70 bits per heavy atom. The Kier molecular flexibility index (Phi) is 2.31. The van der Waals surface area contributed by atoms with E-state index < -0.39 is 0 Å². The van der Waals surface area contributed by atoms with Crippen LogP contribution in [0.15, 0.2) is 0 Å². The molecular weight excluding hydrogens is 128 g/mol. The molecule has 0 aromatic carbocycles. The zero-order chi connectivity index (χ0) is 7.45. The van der Waals surface area contributed by atoms with Gasteiger partial charge in [-0.2, -0.15) is 0 Å². The first-order chi connectivity index (χ1) is 4.83. The number of ether oxygens (including phenoxy) is 1. The van der Waals surface area contributed by atoms with Gasteiger partial charge in [0.2, 0.25) is 0 Å². The van der Waals surface area contributed by atoms with Gasteiger partial charge in [-0.15, -0.1) is 6.42 Å². The van der Waals surface area contributed by atoms with Crippen molar-refractivity contribution in [3.05, 3.63) is 0 Å². The highest BCUT2D eigenvalue weighted by Gasteiger charge is 2.29. The maximum Gasteiger partial charge on any atom is 0.0775 e. The molecule has 1 saturated heterocycles. The van der Waals surface area contributed by atoms with Gasteiger partial charge in [-0.25, -0.2) is 0 Å². The van der Waals surface area contributed by atoms with Gasteiger partial charge in [-0.05, 0) is 12.8 Å². The molecule has 0 amide bonds. The lowest BCUT2D eigenvalue weighted by Crippen LogP contribution is -2.33. The number of hydrogen-bond donors (Lipinski definition) is 1. The Balaban J connectivity index is 2.55. The zero-order valence-corrected chi connectivity index (χ0v) is 5.97. The van der Waals surface area contributed by atoms with E-state index in [1.54, 1.807) is 0 Å². The average molecular weight is 140 g/mol. The normalized spacial score (nSPS) is 33.2. The van der Waals surface area contributed by atoms with Crippen molar-refractivity contribution in [1.82, 2.24) is 0 Å². The highest BCUT2D eigenvalue weighted by Crippen LogP contribution is 2.26. The molecule has 56 valence electrons. The number of rotatable bonds is 1. The molecular formula is C8H12O2. The van der Waals surface area contributed by atoms with Crippen LogP contribution in [0.2, 0.25) is 0 Å². The standard InChI is InChI=1S/C8H12O2/c1-2-8(6-9)4-3-5-10-7-8/h1,9H,3-7H2/t8-/m0/s1. The summed E-state index contributed by atoms with van der Waals surface area (Å²) in [6.45, 7) is 1.34. The Morgan fingerprint density at radius 3 is 2.80 bits per heavy atom. The van der Waals surface area contributed by atoms with Gasteiger partial charge >= 0.3 is 0 Å². The third-order valence-electron chi connectivity index (χ3n) is 1.93. The molecule has 10 heavy (non-hydrogen) atoms. The van der Waals surface area contributed by atoms with Crippen molar-refractivity contribution in [2.45, 2.75) is 12.8 Å². The van der Waals surface area contributed by atoms with E-state index >= 15 is 0 Å². The second kappa shape index (κ2) is 3.05. The second-order valence-electron chi connectivity index (χ2n) is 2.74. The van der Waals surface area contributed by atoms with E-state index in [9.17, 15) is 0 Å². The predicted molar refractivity (Wildman–Crippen MR) is 38.4 cm³/mol. The van der Waals surface area contributed by atoms with Gasteiger partial charge < -0.3 is 9.84 Å². The van der Waals surface area contributed by atoms with Gasteiger partial charge in [0.25, 0.3) is 0 Å². The largest absolute Gasteiger partial charge is 0.395 e. The summed E-state index contributed by atoms with van der Waals surface area (Å²) in [5.74, 6) is 2.59. The fourth-order valence-electron chi connectivity index (χ4n) is 1.14. The van der Waals surface area contributed by atoms with Crippen molar-refractivity contribution in [3.63, 3.8) is 0 Å². The number of hydrogen-bond acceptors (Lipinski definition) is 2. The lowest BCUT2D eigenvalue weighted by Gasteiger charge is -2.29. The first-order valence-corrected chi connectivity index (χ1v) is 3.49. The van der Waals surface area contributed by atoms with Crippen LogP contribution in [0, 0.1) is 17.8 Å². The van der Waals surface area contributed by atoms with Crippen molar-refractivity contribution in [2.24, 2.45) is 5.41 Å². The van der Waals surface area contributed by atoms with Crippen LogP contribution in [0.1, 0.15) is 12.8 Å². The second-order valence-corrected chi connectivity index (χ2v) is 2.74. The summed E-state index contributed by atoms with van der Waals surface area (Å²) in [6, 6.07) is 0. The Labute approximate surface area is 61.2 Å². The molecule has 0 spiro atoms. The average Bonchev–Trinajstić information content (AvgIpc) is 2.06. The number of aliphatic hydroxyl groups excluding tert-OH is 1. The van der Waals surface area contributed by atoms with Crippen LogP contribution in [-0.2, 0) is 4.74 Å². The first kappa shape index (κ1) is 7.59. The summed E-state index contributed by atoms with van der Waals surface area (Å²) in [5, 5.41) is 8.92. The van der Waals surface area contributed by atoms with Crippen molar-refractivity contribution in [3.8, 4) is 12.3 Å². The topological polar surface area (TPSA) is 29.5 Å². The molecule has 0 saturated carbocycles. The molecule has 1 rings (SSSR count). The third kappa shape index (κ3) is 1.31. The molecule has 1 atom stereocenters. The molecule has 1 aliphatic rings. The van der Waals surface area contributed by atoms with Crippen molar-refractivity contribution >= 4 is 0 Å². The van der Waals surface area contributed by atoms with Crippen LogP contribution in [-0.4, -0.2) is 24.9 Å². The van der Waals surface area contributed by atoms with Gasteiger partial charge in [0.05, 0.1) is 18.6 Å². The van der Waals surface area contributed by atoms with E-state index in [-0.39, 0.29) is 12.0 Å². The van der Waals surface area contributed by atoms with E-state index in [0.717, 1.165) is 19.4 Å².